The summed E-state index contributed by atoms with van der Waals surface area (Å²) < 4.78 is 5.08. The maximum Gasteiger partial charge on any atom is 0.257 e. The van der Waals surface area contributed by atoms with Crippen LogP contribution in [0.3, 0.4) is 0 Å². The largest absolute Gasteiger partial charge is 0.472 e. The molecule has 0 radical (unpaired) electrons. The molecule has 1 amide bonds. The Kier molecular flexibility index (Phi) is 3.08. The van der Waals surface area contributed by atoms with E-state index in [1.165, 1.54) is 44.8 Å². The summed E-state index contributed by atoms with van der Waals surface area (Å²) in [6, 6.07) is 1.75. The molecule has 2 saturated carbocycles. The normalized spacial score (nSPS) is 25.7. The van der Waals surface area contributed by atoms with E-state index in [0.717, 1.165) is 24.7 Å². The van der Waals surface area contributed by atoms with Crippen LogP contribution < -0.4 is 0 Å². The zero-order chi connectivity index (χ0) is 16.1. The van der Waals surface area contributed by atoms with Crippen molar-refractivity contribution >= 4 is 5.91 Å². The Balaban J connectivity index is 1.44. The summed E-state index contributed by atoms with van der Waals surface area (Å²) in [4.78, 5) is 19.6. The first-order chi connectivity index (χ1) is 11.8. The average Bonchev–Trinajstić information content (AvgIpc) is 3.10. The van der Waals surface area contributed by atoms with Crippen LogP contribution in [0.2, 0.25) is 0 Å². The standard InChI is InChI=1S/C18H22N4O2/c23-17(13-5-8-24-10-13)22-9-14(18(11-22)6-1-2-7-18)16-19-15(20-21-16)12-3-4-12/h5,8,10,12,14H,1-4,6-7,9,11H2,(H,19,20,21). The third-order valence-electron chi connectivity index (χ3n) is 6.10. The molecule has 6 nitrogen and oxygen atoms in total. The van der Waals surface area contributed by atoms with Gasteiger partial charge >= 0.3 is 0 Å². The second-order valence-corrected chi connectivity index (χ2v) is 7.67. The number of rotatable bonds is 3. The van der Waals surface area contributed by atoms with Crippen LogP contribution in [0.4, 0.5) is 0 Å². The van der Waals surface area contributed by atoms with Crippen LogP contribution in [0.15, 0.2) is 23.0 Å². The average molecular weight is 326 g/mol. The van der Waals surface area contributed by atoms with Crippen LogP contribution in [0.25, 0.3) is 0 Å². The zero-order valence-corrected chi connectivity index (χ0v) is 13.7. The fourth-order valence-corrected chi connectivity index (χ4v) is 4.62. The van der Waals surface area contributed by atoms with Crippen molar-refractivity contribution in [2.75, 3.05) is 13.1 Å². The van der Waals surface area contributed by atoms with E-state index < -0.39 is 0 Å². The summed E-state index contributed by atoms with van der Waals surface area (Å²) in [6.45, 7) is 1.55. The van der Waals surface area contributed by atoms with Crippen molar-refractivity contribution in [1.29, 1.82) is 0 Å². The summed E-state index contributed by atoms with van der Waals surface area (Å²) in [6.07, 6.45) is 10.3. The van der Waals surface area contributed by atoms with Gasteiger partial charge in [-0.3, -0.25) is 9.89 Å². The number of nitrogens with zero attached hydrogens (tertiary/aromatic N) is 3. The Labute approximate surface area is 140 Å². The summed E-state index contributed by atoms with van der Waals surface area (Å²) in [5.74, 6) is 2.86. The van der Waals surface area contributed by atoms with E-state index in [-0.39, 0.29) is 17.2 Å². The molecule has 3 aliphatic rings. The van der Waals surface area contributed by atoms with Crippen molar-refractivity contribution in [1.82, 2.24) is 20.1 Å². The number of amides is 1. The third-order valence-corrected chi connectivity index (χ3v) is 6.10. The number of H-pyrrole nitrogens is 1. The zero-order valence-electron chi connectivity index (χ0n) is 13.7. The lowest BCUT2D eigenvalue weighted by atomic mass is 9.76. The van der Waals surface area contributed by atoms with Crippen LogP contribution in [-0.4, -0.2) is 39.1 Å². The Morgan fingerprint density at radius 3 is 2.88 bits per heavy atom. The molecule has 3 heterocycles. The van der Waals surface area contributed by atoms with Crippen LogP contribution in [0.5, 0.6) is 0 Å². The van der Waals surface area contributed by atoms with Gasteiger partial charge in [-0.1, -0.05) is 12.8 Å². The Bertz CT molecular complexity index is 741. The van der Waals surface area contributed by atoms with Gasteiger partial charge in [0.1, 0.15) is 12.1 Å². The molecule has 0 bridgehead atoms. The van der Waals surface area contributed by atoms with Gasteiger partial charge in [-0.05, 0) is 37.2 Å². The highest BCUT2D eigenvalue weighted by molar-refractivity contribution is 5.94. The molecule has 1 aliphatic heterocycles. The molecule has 2 aliphatic carbocycles. The number of hydrogen-bond acceptors (Lipinski definition) is 4. The van der Waals surface area contributed by atoms with Crippen LogP contribution in [-0.2, 0) is 0 Å². The van der Waals surface area contributed by atoms with Crippen molar-refractivity contribution in [2.24, 2.45) is 5.41 Å². The molecule has 0 aromatic carbocycles. The molecule has 5 rings (SSSR count). The highest BCUT2D eigenvalue weighted by Crippen LogP contribution is 2.53. The van der Waals surface area contributed by atoms with Gasteiger partial charge in [0.15, 0.2) is 5.82 Å². The number of aromatic nitrogens is 3. The van der Waals surface area contributed by atoms with E-state index in [0.29, 0.717) is 11.5 Å². The smallest absolute Gasteiger partial charge is 0.257 e. The van der Waals surface area contributed by atoms with Crippen molar-refractivity contribution in [2.45, 2.75) is 50.4 Å². The third kappa shape index (κ3) is 2.19. The van der Waals surface area contributed by atoms with Crippen molar-refractivity contribution in [3.05, 3.63) is 35.8 Å². The lowest BCUT2D eigenvalue weighted by Crippen LogP contribution is -2.31. The number of nitrogens with one attached hydrogen (secondary N) is 1. The highest BCUT2D eigenvalue weighted by atomic mass is 16.3. The van der Waals surface area contributed by atoms with Gasteiger partial charge in [0.25, 0.3) is 5.91 Å². The molecule has 2 aromatic rings. The number of furan rings is 1. The summed E-state index contributed by atoms with van der Waals surface area (Å²) in [7, 11) is 0. The number of aromatic amines is 1. The first-order valence-electron chi connectivity index (χ1n) is 8.99. The lowest BCUT2D eigenvalue weighted by molar-refractivity contribution is 0.0772. The molecule has 126 valence electrons. The topological polar surface area (TPSA) is 75.0 Å². The highest BCUT2D eigenvalue weighted by Gasteiger charge is 2.51. The van der Waals surface area contributed by atoms with Crippen molar-refractivity contribution in [3.63, 3.8) is 0 Å². The first kappa shape index (κ1) is 14.3. The van der Waals surface area contributed by atoms with E-state index in [1.54, 1.807) is 12.3 Å². The van der Waals surface area contributed by atoms with Crippen LogP contribution in [0.1, 0.15) is 72.4 Å². The molecule has 1 atom stereocenters. The molecular formula is C18H22N4O2. The SMILES string of the molecule is O=C(c1ccoc1)N1CC(c2nc(C3CC3)n[nH]2)C2(CCCC2)C1. The second-order valence-electron chi connectivity index (χ2n) is 7.67. The molecule has 3 fully saturated rings. The fourth-order valence-electron chi connectivity index (χ4n) is 4.62. The van der Waals surface area contributed by atoms with Gasteiger partial charge < -0.3 is 9.32 Å². The minimum Gasteiger partial charge on any atom is -0.472 e. The molecule has 24 heavy (non-hydrogen) atoms. The quantitative estimate of drug-likeness (QED) is 0.940. The summed E-state index contributed by atoms with van der Waals surface area (Å²) >= 11 is 0. The Morgan fingerprint density at radius 1 is 1.33 bits per heavy atom. The molecule has 2 aromatic heterocycles. The maximum atomic E-state index is 12.8. The lowest BCUT2D eigenvalue weighted by Gasteiger charge is -2.28. The molecular weight excluding hydrogens is 304 g/mol. The number of carbonyl (C=O) groups excluding carboxylic acids is 1. The van der Waals surface area contributed by atoms with E-state index in [4.69, 9.17) is 9.40 Å². The van der Waals surface area contributed by atoms with Crippen molar-refractivity contribution < 1.29 is 9.21 Å². The van der Waals surface area contributed by atoms with Gasteiger partial charge in [0.05, 0.1) is 11.8 Å². The van der Waals surface area contributed by atoms with Crippen LogP contribution in [0, 0.1) is 5.41 Å². The fraction of sp³-hybridized carbons (Fsp3) is 0.611. The molecule has 1 unspecified atom stereocenters. The minimum atomic E-state index is 0.0689. The Hall–Kier alpha value is -2.11. The molecule has 1 spiro atoms. The van der Waals surface area contributed by atoms with Gasteiger partial charge in [0.2, 0.25) is 0 Å². The maximum absolute atomic E-state index is 12.8. The number of carbonyl (C=O) groups is 1. The molecule has 1 N–H and O–H groups in total. The molecule has 1 saturated heterocycles. The molecule has 6 heteroatoms. The first-order valence-corrected chi connectivity index (χ1v) is 8.99. The monoisotopic (exact) mass is 326 g/mol. The van der Waals surface area contributed by atoms with Gasteiger partial charge in [-0.2, -0.15) is 5.10 Å². The van der Waals surface area contributed by atoms with Crippen molar-refractivity contribution in [3.8, 4) is 0 Å². The van der Waals surface area contributed by atoms with Gasteiger partial charge in [-0.25, -0.2) is 4.98 Å². The predicted molar refractivity (Wildman–Crippen MR) is 86.6 cm³/mol. The van der Waals surface area contributed by atoms with Crippen LogP contribution >= 0.6 is 0 Å². The predicted octanol–water partition coefficient (Wildman–Crippen LogP) is 3.08. The Morgan fingerprint density at radius 2 is 2.17 bits per heavy atom. The second kappa shape index (κ2) is 5.19. The van der Waals surface area contributed by atoms with E-state index in [9.17, 15) is 4.79 Å². The van der Waals surface area contributed by atoms with E-state index in [2.05, 4.69) is 10.2 Å². The van der Waals surface area contributed by atoms with Gasteiger partial charge in [-0.15, -0.1) is 0 Å². The summed E-state index contributed by atoms with van der Waals surface area (Å²) in [5.41, 5.74) is 0.805. The van der Waals surface area contributed by atoms with Gasteiger partial charge in [0, 0.05) is 24.9 Å². The number of hydrogen-bond donors (Lipinski definition) is 1. The summed E-state index contributed by atoms with van der Waals surface area (Å²) in [5, 5.41) is 7.64. The van der Waals surface area contributed by atoms with E-state index >= 15 is 0 Å². The minimum absolute atomic E-state index is 0.0689. The number of likely N-dealkylation sites (tertiary alicyclic amines) is 1. The van der Waals surface area contributed by atoms with E-state index in [1.807, 2.05) is 4.90 Å².